The third-order valence-corrected chi connectivity index (χ3v) is 1.14. The molecule has 0 aromatic rings. The molecule has 1 rings (SSSR count). The zero-order chi connectivity index (χ0) is 5.98. The predicted octanol–water partition coefficient (Wildman–Crippen LogP) is 0.430. The SMILES string of the molecule is NC1=CC=CN(Br)N1. The van der Waals surface area contributed by atoms with E-state index in [1.807, 2.05) is 6.08 Å². The fourth-order valence-corrected chi connectivity index (χ4v) is 0.761. The van der Waals surface area contributed by atoms with E-state index in [1.54, 1.807) is 16.3 Å². The second-order valence-corrected chi connectivity index (χ2v) is 2.15. The normalized spacial score (nSPS) is 17.6. The van der Waals surface area contributed by atoms with Gasteiger partial charge in [-0.1, -0.05) is 0 Å². The van der Waals surface area contributed by atoms with Gasteiger partial charge in [0.2, 0.25) is 0 Å². The van der Waals surface area contributed by atoms with Crippen molar-refractivity contribution < 1.29 is 0 Å². The molecule has 1 aliphatic heterocycles. The topological polar surface area (TPSA) is 41.3 Å². The summed E-state index contributed by atoms with van der Waals surface area (Å²) in [4.78, 5) is 0. The molecule has 1 heterocycles. The maximum atomic E-state index is 5.35. The number of halogens is 1. The third-order valence-electron chi connectivity index (χ3n) is 0.729. The summed E-state index contributed by atoms with van der Waals surface area (Å²) in [5, 5.41) is 0. The van der Waals surface area contributed by atoms with Gasteiger partial charge in [0.1, 0.15) is 5.82 Å². The summed E-state index contributed by atoms with van der Waals surface area (Å²) in [5.41, 5.74) is 8.13. The first kappa shape index (κ1) is 5.50. The van der Waals surface area contributed by atoms with Crippen LogP contribution in [0.15, 0.2) is 24.2 Å². The molecule has 0 aliphatic carbocycles. The van der Waals surface area contributed by atoms with Crippen molar-refractivity contribution in [3.05, 3.63) is 24.2 Å². The van der Waals surface area contributed by atoms with Gasteiger partial charge in [0.15, 0.2) is 0 Å². The smallest absolute Gasteiger partial charge is 0.116 e. The molecule has 0 spiro atoms. The Morgan fingerprint density at radius 3 is 2.88 bits per heavy atom. The number of hydrazine groups is 1. The van der Waals surface area contributed by atoms with E-state index in [4.69, 9.17) is 5.73 Å². The first-order chi connectivity index (χ1) is 3.79. The molecule has 0 fully saturated rings. The highest BCUT2D eigenvalue weighted by Crippen LogP contribution is 1.99. The van der Waals surface area contributed by atoms with Crippen molar-refractivity contribution in [1.29, 1.82) is 0 Å². The van der Waals surface area contributed by atoms with Gasteiger partial charge in [-0.15, -0.1) is 0 Å². The average Bonchev–Trinajstić information content (AvgIpc) is 1.64. The molecule has 44 valence electrons. The lowest BCUT2D eigenvalue weighted by Gasteiger charge is -2.16. The van der Waals surface area contributed by atoms with Crippen LogP contribution in [0.3, 0.4) is 0 Å². The monoisotopic (exact) mass is 175 g/mol. The summed E-state index contributed by atoms with van der Waals surface area (Å²) in [5.74, 6) is 0.629. The van der Waals surface area contributed by atoms with Crippen LogP contribution < -0.4 is 11.2 Å². The zero-order valence-electron chi connectivity index (χ0n) is 4.13. The van der Waals surface area contributed by atoms with Gasteiger partial charge in [0.05, 0.1) is 16.1 Å². The van der Waals surface area contributed by atoms with Gasteiger partial charge in [-0.25, -0.2) is 4.03 Å². The Morgan fingerprint density at radius 1 is 1.75 bits per heavy atom. The quantitative estimate of drug-likeness (QED) is 0.526. The highest BCUT2D eigenvalue weighted by atomic mass is 79.9. The van der Waals surface area contributed by atoms with Gasteiger partial charge in [-0.3, -0.25) is 5.43 Å². The molecule has 0 bridgehead atoms. The van der Waals surface area contributed by atoms with Gasteiger partial charge < -0.3 is 5.73 Å². The Hall–Kier alpha value is -0.640. The molecule has 0 radical (unpaired) electrons. The van der Waals surface area contributed by atoms with Crippen LogP contribution in [0.25, 0.3) is 0 Å². The minimum atomic E-state index is 0.629. The molecule has 3 N–H and O–H groups in total. The second kappa shape index (κ2) is 2.09. The summed E-state index contributed by atoms with van der Waals surface area (Å²) in [6.07, 6.45) is 5.41. The van der Waals surface area contributed by atoms with Gasteiger partial charge >= 0.3 is 0 Å². The molecular formula is C4H6BrN3. The molecule has 4 heteroatoms. The molecule has 8 heavy (non-hydrogen) atoms. The Bertz CT molecular complexity index is 140. The lowest BCUT2D eigenvalue weighted by atomic mass is 10.5. The average molecular weight is 176 g/mol. The lowest BCUT2D eigenvalue weighted by Crippen LogP contribution is -2.30. The Balaban J connectivity index is 2.59. The van der Waals surface area contributed by atoms with Gasteiger partial charge in [0, 0.05) is 6.20 Å². The van der Waals surface area contributed by atoms with Crippen LogP contribution in [0.2, 0.25) is 0 Å². The Labute approximate surface area is 56.1 Å². The van der Waals surface area contributed by atoms with Crippen LogP contribution in [-0.2, 0) is 0 Å². The van der Waals surface area contributed by atoms with E-state index in [-0.39, 0.29) is 0 Å². The van der Waals surface area contributed by atoms with Crippen molar-refractivity contribution >= 4 is 16.1 Å². The molecule has 0 saturated carbocycles. The first-order valence-electron chi connectivity index (χ1n) is 2.14. The lowest BCUT2D eigenvalue weighted by molar-refractivity contribution is 0.519. The molecule has 1 aliphatic rings. The van der Waals surface area contributed by atoms with E-state index >= 15 is 0 Å². The van der Waals surface area contributed by atoms with Crippen molar-refractivity contribution in [1.82, 2.24) is 9.46 Å². The van der Waals surface area contributed by atoms with E-state index in [1.165, 1.54) is 0 Å². The fourth-order valence-electron chi connectivity index (χ4n) is 0.420. The zero-order valence-corrected chi connectivity index (χ0v) is 5.72. The van der Waals surface area contributed by atoms with Crippen LogP contribution in [0.4, 0.5) is 0 Å². The van der Waals surface area contributed by atoms with E-state index in [0.717, 1.165) is 0 Å². The number of allylic oxidation sites excluding steroid dienone is 2. The van der Waals surface area contributed by atoms with Crippen LogP contribution in [0, 0.1) is 0 Å². The second-order valence-electron chi connectivity index (χ2n) is 1.39. The van der Waals surface area contributed by atoms with Crippen molar-refractivity contribution in [3.63, 3.8) is 0 Å². The van der Waals surface area contributed by atoms with Gasteiger partial charge in [-0.05, 0) is 12.2 Å². The maximum absolute atomic E-state index is 5.35. The number of nitrogens with one attached hydrogen (secondary N) is 1. The number of nitrogens with two attached hydrogens (primary N) is 1. The summed E-state index contributed by atoms with van der Waals surface area (Å²) in [6, 6.07) is 0. The van der Waals surface area contributed by atoms with Gasteiger partial charge in [0.25, 0.3) is 0 Å². The minimum absolute atomic E-state index is 0.629. The summed E-state index contributed by atoms with van der Waals surface area (Å²) >= 11 is 3.14. The Kier molecular flexibility index (Phi) is 1.43. The van der Waals surface area contributed by atoms with Crippen LogP contribution in [-0.4, -0.2) is 4.03 Å². The Morgan fingerprint density at radius 2 is 2.50 bits per heavy atom. The van der Waals surface area contributed by atoms with Crippen molar-refractivity contribution in [3.8, 4) is 0 Å². The van der Waals surface area contributed by atoms with Crippen LogP contribution in [0.5, 0.6) is 0 Å². The first-order valence-corrected chi connectivity index (χ1v) is 2.85. The van der Waals surface area contributed by atoms with E-state index in [0.29, 0.717) is 5.82 Å². The summed E-state index contributed by atoms with van der Waals surface area (Å²) < 4.78 is 1.60. The van der Waals surface area contributed by atoms with Crippen molar-refractivity contribution in [2.75, 3.05) is 0 Å². The fraction of sp³-hybridized carbons (Fsp3) is 0. The standard InChI is InChI=1S/C4H6BrN3/c5-8-3-1-2-4(6)7-8/h1-3,7H,6H2. The third kappa shape index (κ3) is 1.16. The molecule has 3 nitrogen and oxygen atoms in total. The van der Waals surface area contributed by atoms with Crippen LogP contribution in [0.1, 0.15) is 0 Å². The van der Waals surface area contributed by atoms with Crippen molar-refractivity contribution in [2.45, 2.75) is 0 Å². The number of hydrogen-bond donors (Lipinski definition) is 2. The summed E-state index contributed by atoms with van der Waals surface area (Å²) in [7, 11) is 0. The van der Waals surface area contributed by atoms with E-state index < -0.39 is 0 Å². The number of hydrogen-bond acceptors (Lipinski definition) is 3. The van der Waals surface area contributed by atoms with E-state index in [9.17, 15) is 0 Å². The molecule has 0 amide bonds. The molecule has 0 saturated heterocycles. The molecule has 0 unspecified atom stereocenters. The molecule has 0 aromatic carbocycles. The molecule has 0 aromatic heterocycles. The number of nitrogens with zero attached hydrogens (tertiary/aromatic N) is 1. The highest BCUT2D eigenvalue weighted by molar-refractivity contribution is 9.07. The minimum Gasteiger partial charge on any atom is -0.384 e. The number of rotatable bonds is 0. The van der Waals surface area contributed by atoms with Crippen LogP contribution >= 0.6 is 16.1 Å². The predicted molar refractivity (Wildman–Crippen MR) is 35.3 cm³/mol. The molecule has 0 atom stereocenters. The summed E-state index contributed by atoms with van der Waals surface area (Å²) in [6.45, 7) is 0. The highest BCUT2D eigenvalue weighted by Gasteiger charge is 1.95. The van der Waals surface area contributed by atoms with Gasteiger partial charge in [-0.2, -0.15) is 0 Å². The largest absolute Gasteiger partial charge is 0.384 e. The molecular weight excluding hydrogens is 170 g/mol. The van der Waals surface area contributed by atoms with Crippen molar-refractivity contribution in [2.24, 2.45) is 5.73 Å². The maximum Gasteiger partial charge on any atom is 0.116 e. The van der Waals surface area contributed by atoms with E-state index in [2.05, 4.69) is 21.6 Å².